The van der Waals surface area contributed by atoms with Crippen molar-refractivity contribution in [3.8, 4) is 22.4 Å². The maximum absolute atomic E-state index is 13.7. The molecular formula is C27H25FN2O2. The molecule has 5 heteroatoms. The van der Waals surface area contributed by atoms with Gasteiger partial charge >= 0.3 is 0 Å². The lowest BCUT2D eigenvalue weighted by Gasteiger charge is -2.19. The molecule has 0 fully saturated rings. The molecule has 0 saturated carbocycles. The minimum absolute atomic E-state index is 0.0578. The molecule has 0 radical (unpaired) electrons. The number of carbonyl (C=O) groups excluding carboxylic acids is 1. The van der Waals surface area contributed by atoms with E-state index in [1.807, 2.05) is 42.5 Å². The SMILES string of the molecule is Cc1onc(-c2ccc(C(=O)Nc3ccc(C(C)(C)C)cc3)cc2)c1-c1cccc(F)c1. The second-order valence-corrected chi connectivity index (χ2v) is 8.83. The van der Waals surface area contributed by atoms with Gasteiger partial charge in [0.25, 0.3) is 5.91 Å². The van der Waals surface area contributed by atoms with Gasteiger partial charge in [-0.05, 0) is 59.9 Å². The molecule has 32 heavy (non-hydrogen) atoms. The number of amides is 1. The molecule has 1 aromatic heterocycles. The van der Waals surface area contributed by atoms with Crippen molar-refractivity contribution < 1.29 is 13.7 Å². The van der Waals surface area contributed by atoms with E-state index in [9.17, 15) is 9.18 Å². The minimum atomic E-state index is -0.323. The third-order valence-corrected chi connectivity index (χ3v) is 5.41. The summed E-state index contributed by atoms with van der Waals surface area (Å²) >= 11 is 0. The number of anilines is 1. The molecule has 162 valence electrons. The quantitative estimate of drug-likeness (QED) is 0.380. The van der Waals surface area contributed by atoms with Crippen LogP contribution in [0.2, 0.25) is 0 Å². The third-order valence-electron chi connectivity index (χ3n) is 5.41. The summed E-state index contributed by atoms with van der Waals surface area (Å²) in [6.45, 7) is 8.25. The molecule has 3 aromatic carbocycles. The molecule has 1 amide bonds. The minimum Gasteiger partial charge on any atom is -0.360 e. The molecule has 0 bridgehead atoms. The Morgan fingerprint density at radius 2 is 1.62 bits per heavy atom. The Morgan fingerprint density at radius 3 is 2.25 bits per heavy atom. The van der Waals surface area contributed by atoms with E-state index in [1.54, 1.807) is 25.1 Å². The van der Waals surface area contributed by atoms with Gasteiger partial charge in [-0.15, -0.1) is 0 Å². The third kappa shape index (κ3) is 4.47. The van der Waals surface area contributed by atoms with E-state index in [1.165, 1.54) is 17.7 Å². The number of hydrogen-bond acceptors (Lipinski definition) is 3. The molecule has 4 aromatic rings. The van der Waals surface area contributed by atoms with Crippen molar-refractivity contribution in [3.63, 3.8) is 0 Å². The Morgan fingerprint density at radius 1 is 0.938 bits per heavy atom. The van der Waals surface area contributed by atoms with Crippen LogP contribution in [0.3, 0.4) is 0 Å². The van der Waals surface area contributed by atoms with Gasteiger partial charge in [0.2, 0.25) is 0 Å². The number of nitrogens with zero attached hydrogens (tertiary/aromatic N) is 1. The second-order valence-electron chi connectivity index (χ2n) is 8.83. The van der Waals surface area contributed by atoms with E-state index in [4.69, 9.17) is 4.52 Å². The van der Waals surface area contributed by atoms with Crippen LogP contribution in [0.5, 0.6) is 0 Å². The summed E-state index contributed by atoms with van der Waals surface area (Å²) in [4.78, 5) is 12.7. The predicted molar refractivity (Wildman–Crippen MR) is 125 cm³/mol. The highest BCUT2D eigenvalue weighted by Gasteiger charge is 2.18. The average molecular weight is 429 g/mol. The van der Waals surface area contributed by atoms with Crippen molar-refractivity contribution in [2.75, 3.05) is 5.32 Å². The maximum atomic E-state index is 13.7. The van der Waals surface area contributed by atoms with Crippen LogP contribution in [0.25, 0.3) is 22.4 Å². The number of benzene rings is 3. The standard InChI is InChI=1S/C27H25FN2O2/c1-17-24(20-6-5-7-22(28)16-20)25(30-32-17)18-8-10-19(11-9-18)26(31)29-23-14-12-21(13-15-23)27(2,3)4/h5-16H,1-4H3,(H,29,31). The van der Waals surface area contributed by atoms with Gasteiger partial charge in [-0.2, -0.15) is 0 Å². The highest BCUT2D eigenvalue weighted by molar-refractivity contribution is 6.04. The predicted octanol–water partition coefficient (Wildman–Crippen LogP) is 7.01. The van der Waals surface area contributed by atoms with Crippen molar-refractivity contribution in [3.05, 3.63) is 95.5 Å². The fourth-order valence-corrected chi connectivity index (χ4v) is 3.59. The van der Waals surface area contributed by atoms with E-state index in [2.05, 4.69) is 31.2 Å². The largest absolute Gasteiger partial charge is 0.360 e. The average Bonchev–Trinajstić information content (AvgIpc) is 3.15. The Bertz CT molecular complexity index is 1250. The Hall–Kier alpha value is -3.73. The summed E-state index contributed by atoms with van der Waals surface area (Å²) in [6, 6.07) is 21.3. The van der Waals surface area contributed by atoms with Gasteiger partial charge in [0.15, 0.2) is 0 Å². The number of halogens is 1. The first-order chi connectivity index (χ1) is 15.2. The number of nitrogens with one attached hydrogen (secondary N) is 1. The molecule has 0 aliphatic heterocycles. The molecular weight excluding hydrogens is 403 g/mol. The van der Waals surface area contributed by atoms with E-state index >= 15 is 0 Å². The van der Waals surface area contributed by atoms with Crippen molar-refractivity contribution in [2.24, 2.45) is 0 Å². The molecule has 4 rings (SSSR count). The Balaban J connectivity index is 1.55. The molecule has 0 atom stereocenters. The summed E-state index contributed by atoms with van der Waals surface area (Å²) in [5.74, 6) is 0.0875. The molecule has 4 nitrogen and oxygen atoms in total. The summed E-state index contributed by atoms with van der Waals surface area (Å²) in [5, 5.41) is 7.09. The first-order valence-corrected chi connectivity index (χ1v) is 10.5. The van der Waals surface area contributed by atoms with Crippen molar-refractivity contribution in [2.45, 2.75) is 33.1 Å². The molecule has 0 unspecified atom stereocenters. The van der Waals surface area contributed by atoms with Crippen molar-refractivity contribution >= 4 is 11.6 Å². The molecule has 1 heterocycles. The van der Waals surface area contributed by atoms with Gasteiger partial charge in [0, 0.05) is 16.8 Å². The van der Waals surface area contributed by atoms with Crippen LogP contribution in [0.15, 0.2) is 77.3 Å². The van der Waals surface area contributed by atoms with Gasteiger partial charge in [0.1, 0.15) is 17.3 Å². The highest BCUT2D eigenvalue weighted by Crippen LogP contribution is 2.34. The van der Waals surface area contributed by atoms with Crippen LogP contribution in [-0.2, 0) is 5.41 Å². The van der Waals surface area contributed by atoms with Crippen LogP contribution >= 0.6 is 0 Å². The van der Waals surface area contributed by atoms with Gasteiger partial charge < -0.3 is 9.84 Å². The lowest BCUT2D eigenvalue weighted by molar-refractivity contribution is 0.102. The van der Waals surface area contributed by atoms with E-state index in [0.29, 0.717) is 22.6 Å². The normalized spacial score (nSPS) is 11.4. The lowest BCUT2D eigenvalue weighted by Crippen LogP contribution is -2.13. The second kappa shape index (κ2) is 8.42. The van der Waals surface area contributed by atoms with Crippen LogP contribution < -0.4 is 5.32 Å². The van der Waals surface area contributed by atoms with E-state index < -0.39 is 0 Å². The van der Waals surface area contributed by atoms with E-state index in [-0.39, 0.29) is 17.1 Å². The summed E-state index contributed by atoms with van der Waals surface area (Å²) in [7, 11) is 0. The number of aryl methyl sites for hydroxylation is 1. The lowest BCUT2D eigenvalue weighted by atomic mass is 9.87. The maximum Gasteiger partial charge on any atom is 0.255 e. The first kappa shape index (κ1) is 21.5. The van der Waals surface area contributed by atoms with Crippen LogP contribution in [0.4, 0.5) is 10.1 Å². The molecule has 0 aliphatic rings. The van der Waals surface area contributed by atoms with Gasteiger partial charge in [-0.3, -0.25) is 4.79 Å². The molecule has 0 saturated heterocycles. The number of hydrogen-bond donors (Lipinski definition) is 1. The topological polar surface area (TPSA) is 55.1 Å². The van der Waals surface area contributed by atoms with Crippen LogP contribution in [0.1, 0.15) is 42.5 Å². The number of carbonyl (C=O) groups is 1. The van der Waals surface area contributed by atoms with E-state index in [0.717, 1.165) is 16.8 Å². The Kier molecular flexibility index (Phi) is 5.66. The fraction of sp³-hybridized carbons (Fsp3) is 0.185. The van der Waals surface area contributed by atoms with Crippen molar-refractivity contribution in [1.29, 1.82) is 0 Å². The zero-order chi connectivity index (χ0) is 22.9. The Labute approximate surface area is 187 Å². The summed E-state index contributed by atoms with van der Waals surface area (Å²) in [5.41, 5.74) is 5.36. The summed E-state index contributed by atoms with van der Waals surface area (Å²) < 4.78 is 19.1. The molecule has 1 N–H and O–H groups in total. The molecule has 0 aliphatic carbocycles. The van der Waals surface area contributed by atoms with Gasteiger partial charge in [0.05, 0.1) is 5.56 Å². The van der Waals surface area contributed by atoms with Crippen LogP contribution in [0, 0.1) is 12.7 Å². The highest BCUT2D eigenvalue weighted by atomic mass is 19.1. The van der Waals surface area contributed by atoms with Gasteiger partial charge in [-0.1, -0.05) is 62.3 Å². The smallest absolute Gasteiger partial charge is 0.255 e. The number of aromatic nitrogens is 1. The molecule has 0 spiro atoms. The first-order valence-electron chi connectivity index (χ1n) is 10.5. The zero-order valence-electron chi connectivity index (χ0n) is 18.6. The van der Waals surface area contributed by atoms with Gasteiger partial charge in [-0.25, -0.2) is 4.39 Å². The summed E-state index contributed by atoms with van der Waals surface area (Å²) in [6.07, 6.45) is 0. The monoisotopic (exact) mass is 428 g/mol. The van der Waals surface area contributed by atoms with Crippen LogP contribution in [-0.4, -0.2) is 11.1 Å². The fourth-order valence-electron chi connectivity index (χ4n) is 3.59. The van der Waals surface area contributed by atoms with Crippen molar-refractivity contribution in [1.82, 2.24) is 5.16 Å². The number of rotatable bonds is 4. The zero-order valence-corrected chi connectivity index (χ0v) is 18.6.